The maximum atomic E-state index is 13.5. The molecule has 0 atom stereocenters. The van der Waals surface area contributed by atoms with Crippen LogP contribution in [0.25, 0.3) is 0 Å². The Kier molecular flexibility index (Phi) is 6.99. The van der Waals surface area contributed by atoms with Crippen LogP contribution in [0.1, 0.15) is 38.6 Å². The number of rotatable bonds is 6. The molecule has 4 rings (SSSR count). The second kappa shape index (κ2) is 10.1. The van der Waals surface area contributed by atoms with Crippen molar-refractivity contribution >= 4 is 11.8 Å². The van der Waals surface area contributed by atoms with E-state index in [1.165, 1.54) is 18.1 Å². The predicted octanol–water partition coefficient (Wildman–Crippen LogP) is 1.76. The fraction of sp³-hybridized carbons (Fsp3) is 0.400. The summed E-state index contributed by atoms with van der Waals surface area (Å²) in [6.45, 7) is 5.02. The molecule has 3 aromatic rings. The summed E-state index contributed by atoms with van der Waals surface area (Å²) >= 11 is 0. The van der Waals surface area contributed by atoms with Crippen LogP contribution in [0.3, 0.4) is 0 Å². The molecule has 0 fully saturated rings. The van der Waals surface area contributed by atoms with Crippen LogP contribution in [0, 0.1) is 13.8 Å². The van der Waals surface area contributed by atoms with Crippen molar-refractivity contribution in [3.8, 4) is 5.75 Å². The van der Waals surface area contributed by atoms with Crippen LogP contribution in [-0.4, -0.2) is 63.7 Å². The number of amides is 2. The van der Waals surface area contributed by atoms with Crippen LogP contribution >= 0.6 is 0 Å². The summed E-state index contributed by atoms with van der Waals surface area (Å²) in [4.78, 5) is 42.7. The summed E-state index contributed by atoms with van der Waals surface area (Å²) in [6.07, 6.45) is 0.640. The maximum Gasteiger partial charge on any atom is 0.259 e. The molecule has 184 valence electrons. The SMILES string of the molecule is COc1cc(=O)n2c(c1C(=O)N(C)Cc1nonc1C)CCN(C(=O)Cc1cccc(C)c1)CC2. The van der Waals surface area contributed by atoms with Crippen molar-refractivity contribution in [2.45, 2.75) is 39.8 Å². The predicted molar refractivity (Wildman–Crippen MR) is 127 cm³/mol. The number of aryl methyl sites for hydroxylation is 2. The minimum atomic E-state index is -0.312. The molecule has 0 aliphatic carbocycles. The van der Waals surface area contributed by atoms with Gasteiger partial charge in [0, 0.05) is 44.9 Å². The molecule has 1 aliphatic rings. The van der Waals surface area contributed by atoms with Gasteiger partial charge in [-0.25, -0.2) is 4.63 Å². The number of benzene rings is 1. The molecule has 35 heavy (non-hydrogen) atoms. The van der Waals surface area contributed by atoms with Gasteiger partial charge in [-0.3, -0.25) is 14.4 Å². The van der Waals surface area contributed by atoms with Gasteiger partial charge in [-0.15, -0.1) is 0 Å². The minimum absolute atomic E-state index is 0.0116. The molecule has 0 N–H and O–H groups in total. The van der Waals surface area contributed by atoms with Crippen LogP contribution in [-0.2, 0) is 30.7 Å². The lowest BCUT2D eigenvalue weighted by Gasteiger charge is -2.21. The van der Waals surface area contributed by atoms with Crippen molar-refractivity contribution in [3.05, 3.63) is 74.5 Å². The third kappa shape index (κ3) is 5.11. The van der Waals surface area contributed by atoms with Gasteiger partial charge in [-0.2, -0.15) is 0 Å². The van der Waals surface area contributed by atoms with Crippen molar-refractivity contribution in [2.24, 2.45) is 0 Å². The highest BCUT2D eigenvalue weighted by atomic mass is 16.6. The summed E-state index contributed by atoms with van der Waals surface area (Å²) in [5, 5.41) is 7.61. The molecular formula is C25H29N5O5. The Hall–Kier alpha value is -3.95. The number of nitrogens with zero attached hydrogens (tertiary/aromatic N) is 5. The summed E-state index contributed by atoms with van der Waals surface area (Å²) in [5.74, 6) is -0.109. The Labute approximate surface area is 203 Å². The second-order valence-electron chi connectivity index (χ2n) is 8.78. The van der Waals surface area contributed by atoms with E-state index in [-0.39, 0.29) is 36.1 Å². The first-order valence-electron chi connectivity index (χ1n) is 11.5. The number of hydrogen-bond donors (Lipinski definition) is 0. The standard InChI is InChI=1S/C25H29N5O5/c1-16-6-5-7-18(12-16)13-22(31)29-9-8-20-24(21(34-4)14-23(32)30(20)11-10-29)25(33)28(3)15-19-17(2)26-35-27-19/h5-7,12,14H,8-11,13,15H2,1-4H3. The number of hydrogen-bond acceptors (Lipinski definition) is 7. The topological polar surface area (TPSA) is 111 Å². The highest BCUT2D eigenvalue weighted by Crippen LogP contribution is 2.25. The summed E-state index contributed by atoms with van der Waals surface area (Å²) in [5.41, 5.74) is 3.81. The third-order valence-corrected chi connectivity index (χ3v) is 6.30. The molecule has 3 heterocycles. The van der Waals surface area contributed by atoms with E-state index in [1.807, 2.05) is 31.2 Å². The first kappa shape index (κ1) is 24.2. The number of aromatic nitrogens is 3. The second-order valence-corrected chi connectivity index (χ2v) is 8.78. The van der Waals surface area contributed by atoms with Gasteiger partial charge in [-0.05, 0) is 19.4 Å². The first-order valence-corrected chi connectivity index (χ1v) is 11.5. The largest absolute Gasteiger partial charge is 0.496 e. The number of carbonyl (C=O) groups is 2. The molecule has 2 aromatic heterocycles. The zero-order chi connectivity index (χ0) is 25.1. The van der Waals surface area contributed by atoms with Gasteiger partial charge in [0.05, 0.1) is 20.1 Å². The number of fused-ring (bicyclic) bond motifs is 1. The lowest BCUT2D eigenvalue weighted by molar-refractivity contribution is -0.130. The normalized spacial score (nSPS) is 13.2. The van der Waals surface area contributed by atoms with Crippen molar-refractivity contribution < 1.29 is 19.0 Å². The quantitative estimate of drug-likeness (QED) is 0.530. The van der Waals surface area contributed by atoms with Gasteiger partial charge in [0.15, 0.2) is 0 Å². The lowest BCUT2D eigenvalue weighted by atomic mass is 10.1. The molecule has 0 spiro atoms. The molecule has 0 bridgehead atoms. The van der Waals surface area contributed by atoms with E-state index < -0.39 is 0 Å². The van der Waals surface area contributed by atoms with E-state index in [1.54, 1.807) is 23.4 Å². The Morgan fingerprint density at radius 3 is 2.63 bits per heavy atom. The fourth-order valence-corrected chi connectivity index (χ4v) is 4.38. The van der Waals surface area contributed by atoms with Gasteiger partial charge in [0.25, 0.3) is 11.5 Å². The van der Waals surface area contributed by atoms with Crippen molar-refractivity contribution in [2.75, 3.05) is 27.2 Å². The number of methoxy groups -OCH3 is 1. The summed E-state index contributed by atoms with van der Waals surface area (Å²) in [7, 11) is 3.08. The van der Waals surface area contributed by atoms with E-state index in [0.717, 1.165) is 11.1 Å². The zero-order valence-corrected chi connectivity index (χ0v) is 20.4. The summed E-state index contributed by atoms with van der Waals surface area (Å²) in [6, 6.07) is 9.20. The Morgan fingerprint density at radius 2 is 1.94 bits per heavy atom. The molecule has 1 aliphatic heterocycles. The van der Waals surface area contributed by atoms with Crippen LogP contribution < -0.4 is 10.3 Å². The van der Waals surface area contributed by atoms with Crippen LogP contribution in [0.4, 0.5) is 0 Å². The monoisotopic (exact) mass is 479 g/mol. The highest BCUT2D eigenvalue weighted by molar-refractivity contribution is 5.98. The molecular weight excluding hydrogens is 450 g/mol. The molecule has 0 saturated carbocycles. The van der Waals surface area contributed by atoms with Gasteiger partial charge in [0.1, 0.15) is 22.7 Å². The molecule has 0 unspecified atom stereocenters. The van der Waals surface area contributed by atoms with Crippen molar-refractivity contribution in [1.82, 2.24) is 24.7 Å². The molecule has 0 radical (unpaired) electrons. The average Bonchev–Trinajstić information content (AvgIpc) is 3.09. The van der Waals surface area contributed by atoms with E-state index in [2.05, 4.69) is 10.3 Å². The van der Waals surface area contributed by atoms with Gasteiger partial charge in [-0.1, -0.05) is 40.1 Å². The molecule has 2 amide bonds. The zero-order valence-electron chi connectivity index (χ0n) is 20.4. The van der Waals surface area contributed by atoms with Crippen molar-refractivity contribution in [1.29, 1.82) is 0 Å². The van der Waals surface area contributed by atoms with Gasteiger partial charge < -0.3 is 19.1 Å². The third-order valence-electron chi connectivity index (χ3n) is 6.30. The number of carbonyl (C=O) groups excluding carboxylic acids is 2. The Balaban J connectivity index is 1.59. The molecule has 10 nitrogen and oxygen atoms in total. The lowest BCUT2D eigenvalue weighted by Crippen LogP contribution is -2.35. The molecule has 10 heteroatoms. The van der Waals surface area contributed by atoms with Crippen LogP contribution in [0.2, 0.25) is 0 Å². The van der Waals surface area contributed by atoms with E-state index in [9.17, 15) is 14.4 Å². The maximum absolute atomic E-state index is 13.5. The smallest absolute Gasteiger partial charge is 0.259 e. The Morgan fingerprint density at radius 1 is 1.14 bits per heavy atom. The minimum Gasteiger partial charge on any atom is -0.496 e. The fourth-order valence-electron chi connectivity index (χ4n) is 4.38. The summed E-state index contributed by atoms with van der Waals surface area (Å²) < 4.78 is 11.8. The van der Waals surface area contributed by atoms with Gasteiger partial charge in [0.2, 0.25) is 5.91 Å². The van der Waals surface area contributed by atoms with E-state index in [4.69, 9.17) is 9.37 Å². The first-order chi connectivity index (χ1) is 16.8. The molecule has 0 saturated heterocycles. The molecule has 1 aromatic carbocycles. The van der Waals surface area contributed by atoms with E-state index in [0.29, 0.717) is 48.7 Å². The van der Waals surface area contributed by atoms with Crippen LogP contribution in [0.15, 0.2) is 39.8 Å². The number of pyridine rings is 1. The van der Waals surface area contributed by atoms with E-state index >= 15 is 0 Å². The number of ether oxygens (including phenoxy) is 1. The Bertz CT molecular complexity index is 1310. The highest BCUT2D eigenvalue weighted by Gasteiger charge is 2.28. The van der Waals surface area contributed by atoms with Crippen LogP contribution in [0.5, 0.6) is 5.75 Å². The van der Waals surface area contributed by atoms with Crippen molar-refractivity contribution in [3.63, 3.8) is 0 Å². The van der Waals surface area contributed by atoms with Gasteiger partial charge >= 0.3 is 0 Å². The average molecular weight is 480 g/mol.